The molecule has 0 radical (unpaired) electrons. The summed E-state index contributed by atoms with van der Waals surface area (Å²) in [6.07, 6.45) is 8.37. The first-order valence-electron chi connectivity index (χ1n) is 10.9. The van der Waals surface area contributed by atoms with Gasteiger partial charge in [-0.3, -0.25) is 9.59 Å². The fourth-order valence-electron chi connectivity index (χ4n) is 3.65. The molecule has 0 saturated heterocycles. The second kappa shape index (κ2) is 10.8. The van der Waals surface area contributed by atoms with E-state index in [2.05, 4.69) is 26.0 Å². The highest BCUT2D eigenvalue weighted by Crippen LogP contribution is 2.27. The Morgan fingerprint density at radius 2 is 1.24 bits per heavy atom. The van der Waals surface area contributed by atoms with Crippen LogP contribution in [0.1, 0.15) is 94.9 Å². The lowest BCUT2D eigenvalue weighted by molar-refractivity contribution is -0.148. The van der Waals surface area contributed by atoms with Gasteiger partial charge in [0.1, 0.15) is 0 Å². The maximum Gasteiger partial charge on any atom is 0.309 e. The summed E-state index contributed by atoms with van der Waals surface area (Å²) in [5.74, 6) is -1.45. The molecule has 1 aromatic carbocycles. The monoisotopic (exact) mass is 404 g/mol. The van der Waals surface area contributed by atoms with Gasteiger partial charge in [0.25, 0.3) is 0 Å². The van der Waals surface area contributed by atoms with Crippen LogP contribution in [-0.4, -0.2) is 22.2 Å². The molecule has 4 heteroatoms. The molecule has 0 bridgehead atoms. The lowest BCUT2D eigenvalue weighted by atomic mass is 9.85. The molecule has 0 amide bonds. The van der Waals surface area contributed by atoms with Crippen molar-refractivity contribution in [3.63, 3.8) is 0 Å². The van der Waals surface area contributed by atoms with Crippen molar-refractivity contribution in [2.24, 2.45) is 10.8 Å². The van der Waals surface area contributed by atoms with Crippen LogP contribution in [0.3, 0.4) is 0 Å². The molecule has 0 heterocycles. The van der Waals surface area contributed by atoms with Crippen LogP contribution in [-0.2, 0) is 22.4 Å². The topological polar surface area (TPSA) is 74.6 Å². The first-order valence-corrected chi connectivity index (χ1v) is 10.9. The maximum atomic E-state index is 11.3. The summed E-state index contributed by atoms with van der Waals surface area (Å²) in [5, 5.41) is 18.5. The van der Waals surface area contributed by atoms with Crippen molar-refractivity contribution in [1.29, 1.82) is 0 Å². The zero-order chi connectivity index (χ0) is 22.2. The van der Waals surface area contributed by atoms with Crippen molar-refractivity contribution in [1.82, 2.24) is 0 Å². The van der Waals surface area contributed by atoms with Crippen molar-refractivity contribution in [2.75, 3.05) is 0 Å². The van der Waals surface area contributed by atoms with Crippen molar-refractivity contribution in [3.8, 4) is 0 Å². The smallest absolute Gasteiger partial charge is 0.309 e. The SMILES string of the molecule is Cc1ccc(CCCCCC(C)(C)C(=O)O)c(CCCCC(C)(C)C(=O)O)c1C. The van der Waals surface area contributed by atoms with Crippen molar-refractivity contribution < 1.29 is 19.8 Å². The fourth-order valence-corrected chi connectivity index (χ4v) is 3.65. The van der Waals surface area contributed by atoms with Gasteiger partial charge < -0.3 is 10.2 Å². The summed E-state index contributed by atoms with van der Waals surface area (Å²) in [6, 6.07) is 4.43. The normalized spacial score (nSPS) is 12.2. The minimum absolute atomic E-state index is 0.644. The Hall–Kier alpha value is -1.84. The van der Waals surface area contributed by atoms with Gasteiger partial charge in [0, 0.05) is 0 Å². The van der Waals surface area contributed by atoms with Crippen LogP contribution in [0.25, 0.3) is 0 Å². The number of carbonyl (C=O) groups is 2. The highest BCUT2D eigenvalue weighted by Gasteiger charge is 2.26. The van der Waals surface area contributed by atoms with Crippen LogP contribution in [0.15, 0.2) is 12.1 Å². The number of benzene rings is 1. The maximum absolute atomic E-state index is 11.3. The third-order valence-corrected chi connectivity index (χ3v) is 6.35. The van der Waals surface area contributed by atoms with E-state index in [1.54, 1.807) is 27.7 Å². The molecule has 0 aromatic heterocycles. The van der Waals surface area contributed by atoms with Gasteiger partial charge in [-0.1, -0.05) is 31.4 Å². The summed E-state index contributed by atoms with van der Waals surface area (Å²) in [6.45, 7) is 11.5. The lowest BCUT2D eigenvalue weighted by Gasteiger charge is -2.20. The number of unbranched alkanes of at least 4 members (excludes halogenated alkanes) is 3. The summed E-state index contributed by atoms with van der Waals surface area (Å²) >= 11 is 0. The van der Waals surface area contributed by atoms with Crippen molar-refractivity contribution in [3.05, 3.63) is 34.4 Å². The first-order chi connectivity index (χ1) is 13.4. The molecule has 164 valence electrons. The molecular weight excluding hydrogens is 364 g/mol. The van der Waals surface area contributed by atoms with Crippen LogP contribution in [0.4, 0.5) is 0 Å². The number of rotatable bonds is 13. The molecule has 0 unspecified atom stereocenters. The number of aryl methyl sites for hydroxylation is 2. The van der Waals surface area contributed by atoms with Gasteiger partial charge in [-0.25, -0.2) is 0 Å². The minimum atomic E-state index is -0.726. The quantitative estimate of drug-likeness (QED) is 0.376. The van der Waals surface area contributed by atoms with E-state index < -0.39 is 22.8 Å². The number of carboxylic acid groups (broad SMARTS) is 2. The molecule has 0 atom stereocenters. The third kappa shape index (κ3) is 7.83. The Kier molecular flexibility index (Phi) is 9.38. The number of hydrogen-bond donors (Lipinski definition) is 2. The molecule has 1 aromatic rings. The van der Waals surface area contributed by atoms with E-state index in [-0.39, 0.29) is 0 Å². The molecular formula is C25H40O4. The van der Waals surface area contributed by atoms with E-state index in [4.69, 9.17) is 0 Å². The molecule has 0 fully saturated rings. The van der Waals surface area contributed by atoms with E-state index in [9.17, 15) is 19.8 Å². The highest BCUT2D eigenvalue weighted by atomic mass is 16.4. The average molecular weight is 405 g/mol. The van der Waals surface area contributed by atoms with Crippen molar-refractivity contribution in [2.45, 2.75) is 99.3 Å². The van der Waals surface area contributed by atoms with Gasteiger partial charge in [-0.15, -0.1) is 0 Å². The average Bonchev–Trinajstić information content (AvgIpc) is 2.62. The Morgan fingerprint density at radius 1 is 0.759 bits per heavy atom. The van der Waals surface area contributed by atoms with E-state index >= 15 is 0 Å². The molecule has 4 nitrogen and oxygen atoms in total. The summed E-state index contributed by atoms with van der Waals surface area (Å²) in [5.41, 5.74) is 4.17. The largest absolute Gasteiger partial charge is 0.481 e. The van der Waals surface area contributed by atoms with Gasteiger partial charge in [0.2, 0.25) is 0 Å². The van der Waals surface area contributed by atoms with Gasteiger partial charge in [0.05, 0.1) is 10.8 Å². The van der Waals surface area contributed by atoms with Gasteiger partial charge in [0.15, 0.2) is 0 Å². The molecule has 0 aliphatic heterocycles. The third-order valence-electron chi connectivity index (χ3n) is 6.35. The van der Waals surface area contributed by atoms with Gasteiger partial charge in [-0.2, -0.15) is 0 Å². The molecule has 1 rings (SSSR count). The zero-order valence-electron chi connectivity index (χ0n) is 19.2. The van der Waals surface area contributed by atoms with Crippen molar-refractivity contribution >= 4 is 11.9 Å². The molecule has 0 spiro atoms. The number of hydrogen-bond acceptors (Lipinski definition) is 2. The van der Waals surface area contributed by atoms with Crippen LogP contribution in [0.5, 0.6) is 0 Å². The number of aliphatic carboxylic acids is 2. The van der Waals surface area contributed by atoms with E-state index in [1.165, 1.54) is 22.3 Å². The minimum Gasteiger partial charge on any atom is -0.481 e. The molecule has 0 aliphatic rings. The Bertz CT molecular complexity index is 701. The van der Waals surface area contributed by atoms with Gasteiger partial charge >= 0.3 is 11.9 Å². The fraction of sp³-hybridized carbons (Fsp3) is 0.680. The summed E-state index contributed by atoms with van der Waals surface area (Å²) in [4.78, 5) is 22.5. The molecule has 2 N–H and O–H groups in total. The Labute approximate surface area is 176 Å². The second-order valence-electron chi connectivity index (χ2n) is 9.79. The Morgan fingerprint density at radius 3 is 1.76 bits per heavy atom. The second-order valence-corrected chi connectivity index (χ2v) is 9.79. The highest BCUT2D eigenvalue weighted by molar-refractivity contribution is 5.73. The molecule has 0 aliphatic carbocycles. The summed E-state index contributed by atoms with van der Waals surface area (Å²) < 4.78 is 0. The Balaban J connectivity index is 2.60. The van der Waals surface area contributed by atoms with Crippen LogP contribution in [0, 0.1) is 24.7 Å². The predicted molar refractivity (Wildman–Crippen MR) is 118 cm³/mol. The lowest BCUT2D eigenvalue weighted by Crippen LogP contribution is -2.23. The molecule has 29 heavy (non-hydrogen) atoms. The van der Waals surface area contributed by atoms with E-state index in [0.717, 1.165) is 44.9 Å². The van der Waals surface area contributed by atoms with E-state index in [0.29, 0.717) is 12.8 Å². The van der Waals surface area contributed by atoms with Crippen LogP contribution < -0.4 is 0 Å². The zero-order valence-corrected chi connectivity index (χ0v) is 19.2. The van der Waals surface area contributed by atoms with E-state index in [1.807, 2.05) is 0 Å². The molecule has 0 saturated carbocycles. The first kappa shape index (κ1) is 25.2. The predicted octanol–water partition coefficient (Wildman–Crippen LogP) is 6.34. The number of carboxylic acids is 2. The summed E-state index contributed by atoms with van der Waals surface area (Å²) in [7, 11) is 0. The van der Waals surface area contributed by atoms with Crippen LogP contribution in [0.2, 0.25) is 0 Å². The van der Waals surface area contributed by atoms with Crippen LogP contribution >= 0.6 is 0 Å². The van der Waals surface area contributed by atoms with Gasteiger partial charge in [-0.05, 0) is 102 Å². The standard InChI is InChI=1S/C25H40O4/c1-18-14-15-20(12-8-7-10-16-24(3,4)22(26)27)21(19(18)2)13-9-11-17-25(5,6)23(28)29/h14-15H,7-13,16-17H2,1-6H3,(H,26,27)(H,28,29).